The standard InChI is InChI=1S/C44H27NS/c1-3-11-28(12-4-1)32-22-24-40-38(26-32)42-41-37-23-21-33(31-20-19-29-13-7-8-14-30(29)25-31)27-39(37)45(34-15-5-2-6-16-34)43(41)35-17-9-10-18-36(35)44(42)46-40/h1-27H. The molecule has 0 amide bonds. The molecule has 0 aliphatic heterocycles. The van der Waals surface area contributed by atoms with Gasteiger partial charge in [-0.1, -0.05) is 127 Å². The Balaban J connectivity index is 1.38. The maximum absolute atomic E-state index is 2.50. The Morgan fingerprint density at radius 1 is 0.391 bits per heavy atom. The molecular formula is C44H27NS. The summed E-state index contributed by atoms with van der Waals surface area (Å²) in [5, 5.41) is 10.4. The molecule has 0 atom stereocenters. The lowest BCUT2D eigenvalue weighted by Crippen LogP contribution is -1.94. The maximum Gasteiger partial charge on any atom is 0.0626 e. The van der Waals surface area contributed by atoms with E-state index in [1.54, 1.807) is 0 Å². The SMILES string of the molecule is c1ccc(-c2ccc3sc4c5ccccc5c5c(c6ccc(-c7ccc8ccccc8c7)cc6n5-c5ccccc5)c4c3c2)cc1. The molecule has 2 heteroatoms. The molecule has 46 heavy (non-hydrogen) atoms. The highest BCUT2D eigenvalue weighted by atomic mass is 32.1. The maximum atomic E-state index is 2.50. The van der Waals surface area contributed by atoms with Crippen molar-refractivity contribution in [1.82, 2.24) is 4.57 Å². The quantitative estimate of drug-likeness (QED) is 0.190. The van der Waals surface area contributed by atoms with Crippen molar-refractivity contribution in [1.29, 1.82) is 0 Å². The van der Waals surface area contributed by atoms with Gasteiger partial charge in [-0.15, -0.1) is 11.3 Å². The average Bonchev–Trinajstić information content (AvgIpc) is 3.68. The van der Waals surface area contributed by atoms with Crippen molar-refractivity contribution in [3.63, 3.8) is 0 Å². The Hall–Kier alpha value is -5.70. The molecule has 0 saturated carbocycles. The third-order valence-corrected chi connectivity index (χ3v) is 10.7. The van der Waals surface area contributed by atoms with Crippen LogP contribution in [-0.2, 0) is 0 Å². The van der Waals surface area contributed by atoms with Gasteiger partial charge in [0.15, 0.2) is 0 Å². The van der Waals surface area contributed by atoms with E-state index in [1.807, 2.05) is 11.3 Å². The van der Waals surface area contributed by atoms with Crippen molar-refractivity contribution >= 4 is 74.9 Å². The van der Waals surface area contributed by atoms with E-state index in [4.69, 9.17) is 0 Å². The second-order valence-electron chi connectivity index (χ2n) is 12.1. The Morgan fingerprint density at radius 3 is 1.89 bits per heavy atom. The number of para-hydroxylation sites is 1. The minimum atomic E-state index is 1.17. The summed E-state index contributed by atoms with van der Waals surface area (Å²) in [5.74, 6) is 0. The lowest BCUT2D eigenvalue weighted by molar-refractivity contribution is 1.19. The van der Waals surface area contributed by atoms with Gasteiger partial charge >= 0.3 is 0 Å². The molecule has 214 valence electrons. The molecule has 10 aromatic rings. The zero-order valence-electron chi connectivity index (χ0n) is 24.9. The van der Waals surface area contributed by atoms with Crippen LogP contribution in [0.5, 0.6) is 0 Å². The lowest BCUT2D eigenvalue weighted by atomic mass is 9.96. The largest absolute Gasteiger partial charge is 0.309 e. The number of rotatable bonds is 3. The van der Waals surface area contributed by atoms with Crippen LogP contribution in [0.1, 0.15) is 0 Å². The highest BCUT2D eigenvalue weighted by Gasteiger charge is 2.22. The summed E-state index contributed by atoms with van der Waals surface area (Å²) in [7, 11) is 0. The summed E-state index contributed by atoms with van der Waals surface area (Å²) < 4.78 is 5.18. The van der Waals surface area contributed by atoms with Crippen LogP contribution in [0.2, 0.25) is 0 Å². The second kappa shape index (κ2) is 9.90. The van der Waals surface area contributed by atoms with Gasteiger partial charge in [0, 0.05) is 47.4 Å². The van der Waals surface area contributed by atoms with Crippen LogP contribution in [0.15, 0.2) is 164 Å². The van der Waals surface area contributed by atoms with E-state index in [2.05, 4.69) is 168 Å². The van der Waals surface area contributed by atoms with E-state index in [9.17, 15) is 0 Å². The number of hydrogen-bond donors (Lipinski definition) is 0. The highest BCUT2D eigenvalue weighted by molar-refractivity contribution is 7.27. The van der Waals surface area contributed by atoms with Crippen LogP contribution in [0.25, 0.3) is 91.5 Å². The predicted molar refractivity (Wildman–Crippen MR) is 200 cm³/mol. The minimum absolute atomic E-state index is 1.17. The number of aromatic nitrogens is 1. The van der Waals surface area contributed by atoms with E-state index in [-0.39, 0.29) is 0 Å². The van der Waals surface area contributed by atoms with Crippen molar-refractivity contribution in [2.75, 3.05) is 0 Å². The van der Waals surface area contributed by atoms with Gasteiger partial charge in [0.25, 0.3) is 0 Å². The van der Waals surface area contributed by atoms with Gasteiger partial charge < -0.3 is 4.57 Å². The Morgan fingerprint density at radius 2 is 1.04 bits per heavy atom. The molecule has 0 aliphatic carbocycles. The smallest absolute Gasteiger partial charge is 0.0626 e. The topological polar surface area (TPSA) is 4.93 Å². The number of nitrogens with zero attached hydrogens (tertiary/aromatic N) is 1. The summed E-state index contributed by atoms with van der Waals surface area (Å²) >= 11 is 1.92. The molecule has 0 N–H and O–H groups in total. The molecule has 8 aromatic carbocycles. The van der Waals surface area contributed by atoms with Crippen LogP contribution in [0.4, 0.5) is 0 Å². The van der Waals surface area contributed by atoms with Gasteiger partial charge in [-0.3, -0.25) is 0 Å². The first-order chi connectivity index (χ1) is 22.8. The minimum Gasteiger partial charge on any atom is -0.309 e. The highest BCUT2D eigenvalue weighted by Crippen LogP contribution is 2.49. The molecule has 0 unspecified atom stereocenters. The van der Waals surface area contributed by atoms with Gasteiger partial charge in [-0.05, 0) is 69.4 Å². The molecule has 2 aromatic heterocycles. The van der Waals surface area contributed by atoms with Gasteiger partial charge in [0.2, 0.25) is 0 Å². The van der Waals surface area contributed by atoms with E-state index < -0.39 is 0 Å². The Bertz CT molecular complexity index is 2790. The van der Waals surface area contributed by atoms with Gasteiger partial charge in [-0.25, -0.2) is 0 Å². The van der Waals surface area contributed by atoms with Crippen molar-refractivity contribution in [2.24, 2.45) is 0 Å². The van der Waals surface area contributed by atoms with Crippen LogP contribution in [0, 0.1) is 0 Å². The molecule has 0 aliphatic rings. The van der Waals surface area contributed by atoms with Crippen molar-refractivity contribution < 1.29 is 0 Å². The van der Waals surface area contributed by atoms with Gasteiger partial charge in [0.1, 0.15) is 0 Å². The molecule has 10 rings (SSSR count). The van der Waals surface area contributed by atoms with Gasteiger partial charge in [-0.2, -0.15) is 0 Å². The Kier molecular flexibility index (Phi) is 5.51. The van der Waals surface area contributed by atoms with Crippen LogP contribution in [0.3, 0.4) is 0 Å². The fourth-order valence-electron chi connectivity index (χ4n) is 7.42. The van der Waals surface area contributed by atoms with Crippen molar-refractivity contribution in [2.45, 2.75) is 0 Å². The molecule has 2 heterocycles. The summed E-state index contributed by atoms with van der Waals surface area (Å²) in [6.45, 7) is 0. The normalized spacial score (nSPS) is 11.9. The molecule has 0 spiro atoms. The number of thiophene rings is 1. The van der Waals surface area contributed by atoms with Crippen LogP contribution < -0.4 is 0 Å². The Labute approximate surface area is 270 Å². The molecule has 0 radical (unpaired) electrons. The monoisotopic (exact) mass is 601 g/mol. The lowest BCUT2D eigenvalue weighted by Gasteiger charge is -2.11. The summed E-state index contributed by atoms with van der Waals surface area (Å²) in [5.41, 5.74) is 8.61. The zero-order valence-corrected chi connectivity index (χ0v) is 25.8. The molecule has 0 saturated heterocycles. The van der Waals surface area contributed by atoms with E-state index >= 15 is 0 Å². The van der Waals surface area contributed by atoms with Crippen LogP contribution >= 0.6 is 11.3 Å². The predicted octanol–water partition coefficient (Wildman–Crippen LogP) is 12.8. The fraction of sp³-hybridized carbons (Fsp3) is 0. The zero-order chi connectivity index (χ0) is 30.2. The summed E-state index contributed by atoms with van der Waals surface area (Å²) in [4.78, 5) is 0. The molecule has 1 nitrogen and oxygen atoms in total. The number of fused-ring (bicyclic) bond motifs is 11. The third kappa shape index (κ3) is 3.74. The first kappa shape index (κ1) is 25.6. The first-order valence-corrected chi connectivity index (χ1v) is 16.6. The van der Waals surface area contributed by atoms with Crippen LogP contribution in [-0.4, -0.2) is 4.57 Å². The number of hydrogen-bond acceptors (Lipinski definition) is 1. The third-order valence-electron chi connectivity index (χ3n) is 9.54. The fourth-order valence-corrected chi connectivity index (χ4v) is 8.65. The molecular weight excluding hydrogens is 575 g/mol. The summed E-state index contributed by atoms with van der Waals surface area (Å²) in [6, 6.07) is 60.1. The molecule has 0 fully saturated rings. The number of benzene rings is 8. The van der Waals surface area contributed by atoms with E-state index in [0.29, 0.717) is 0 Å². The summed E-state index contributed by atoms with van der Waals surface area (Å²) in [6.07, 6.45) is 0. The van der Waals surface area contributed by atoms with E-state index in [0.717, 1.165) is 0 Å². The van der Waals surface area contributed by atoms with Crippen molar-refractivity contribution in [3.8, 4) is 27.9 Å². The molecule has 0 bridgehead atoms. The van der Waals surface area contributed by atoms with Crippen molar-refractivity contribution in [3.05, 3.63) is 164 Å². The average molecular weight is 602 g/mol. The van der Waals surface area contributed by atoms with E-state index in [1.165, 1.54) is 91.5 Å². The first-order valence-electron chi connectivity index (χ1n) is 15.8. The second-order valence-corrected chi connectivity index (χ2v) is 13.2. The van der Waals surface area contributed by atoms with Gasteiger partial charge in [0.05, 0.1) is 11.0 Å².